The van der Waals surface area contributed by atoms with Gasteiger partial charge in [0, 0.05) is 12.0 Å². The molecule has 2 heteroatoms. The lowest BCUT2D eigenvalue weighted by atomic mass is 10.1. The van der Waals surface area contributed by atoms with Crippen LogP contribution in [0.4, 0.5) is 0 Å². The van der Waals surface area contributed by atoms with Gasteiger partial charge in [0.15, 0.2) is 0 Å². The molecule has 0 amide bonds. The first-order valence-corrected chi connectivity index (χ1v) is 7.25. The van der Waals surface area contributed by atoms with Gasteiger partial charge in [-0.3, -0.25) is 0 Å². The summed E-state index contributed by atoms with van der Waals surface area (Å²) in [5.74, 6) is 6.90. The third kappa shape index (κ3) is 4.96. The number of aliphatic hydroxyl groups excluding tert-OH is 1. The van der Waals surface area contributed by atoms with Gasteiger partial charge in [-0.2, -0.15) is 0 Å². The summed E-state index contributed by atoms with van der Waals surface area (Å²) in [7, 11) is 0. The highest BCUT2D eigenvalue weighted by Gasteiger charge is 2.13. The van der Waals surface area contributed by atoms with E-state index in [1.54, 1.807) is 0 Å². The molecule has 2 rings (SSSR count). The molecule has 2 nitrogen and oxygen atoms in total. The Kier molecular flexibility index (Phi) is 5.78. The molecule has 1 aliphatic carbocycles. The maximum absolute atomic E-state index is 8.71. The third-order valence-corrected chi connectivity index (χ3v) is 3.41. The molecule has 0 bridgehead atoms. The van der Waals surface area contributed by atoms with Crippen molar-refractivity contribution in [3.63, 3.8) is 0 Å². The van der Waals surface area contributed by atoms with E-state index in [0.29, 0.717) is 12.5 Å². The highest BCUT2D eigenvalue weighted by molar-refractivity contribution is 5.39. The van der Waals surface area contributed by atoms with Crippen molar-refractivity contribution >= 4 is 0 Å². The van der Waals surface area contributed by atoms with Crippen LogP contribution in [0.15, 0.2) is 24.3 Å². The molecule has 0 unspecified atom stereocenters. The van der Waals surface area contributed by atoms with Crippen LogP contribution < -0.4 is 4.74 Å². The zero-order valence-corrected chi connectivity index (χ0v) is 11.4. The number of hydrogen-bond acceptors (Lipinski definition) is 2. The minimum Gasteiger partial charge on any atom is -0.490 e. The Morgan fingerprint density at radius 2 is 1.95 bits per heavy atom. The van der Waals surface area contributed by atoms with E-state index in [1.165, 1.54) is 38.5 Å². The quantitative estimate of drug-likeness (QED) is 0.664. The SMILES string of the molecule is OCCC#Cc1cccc(OC2CCCCCC2)c1. The van der Waals surface area contributed by atoms with Crippen molar-refractivity contribution in [1.29, 1.82) is 0 Å². The molecule has 0 atom stereocenters. The van der Waals surface area contributed by atoms with Crippen LogP contribution in [-0.2, 0) is 0 Å². The van der Waals surface area contributed by atoms with Gasteiger partial charge in [0.1, 0.15) is 5.75 Å². The first-order chi connectivity index (χ1) is 9.38. The van der Waals surface area contributed by atoms with Crippen LogP contribution in [0.2, 0.25) is 0 Å². The summed E-state index contributed by atoms with van der Waals surface area (Å²) in [5.41, 5.74) is 0.958. The van der Waals surface area contributed by atoms with Crippen LogP contribution in [0.5, 0.6) is 5.75 Å². The molecule has 1 aliphatic rings. The Bertz CT molecular complexity index is 434. The molecule has 1 aromatic carbocycles. The lowest BCUT2D eigenvalue weighted by molar-refractivity contribution is 0.183. The van der Waals surface area contributed by atoms with E-state index in [4.69, 9.17) is 9.84 Å². The van der Waals surface area contributed by atoms with Crippen molar-refractivity contribution in [3.05, 3.63) is 29.8 Å². The Labute approximate surface area is 115 Å². The second kappa shape index (κ2) is 7.86. The van der Waals surface area contributed by atoms with Gasteiger partial charge in [-0.15, -0.1) is 0 Å². The first kappa shape index (κ1) is 14.0. The monoisotopic (exact) mass is 258 g/mol. The Morgan fingerprint density at radius 3 is 2.68 bits per heavy atom. The molecule has 0 saturated heterocycles. The number of hydrogen-bond donors (Lipinski definition) is 1. The lowest BCUT2D eigenvalue weighted by Gasteiger charge is -2.17. The minimum absolute atomic E-state index is 0.116. The van der Waals surface area contributed by atoms with E-state index in [-0.39, 0.29) is 6.61 Å². The van der Waals surface area contributed by atoms with Gasteiger partial charge in [-0.25, -0.2) is 0 Å². The zero-order chi connectivity index (χ0) is 13.3. The summed E-state index contributed by atoms with van der Waals surface area (Å²) in [6, 6.07) is 7.96. The van der Waals surface area contributed by atoms with Crippen molar-refractivity contribution < 1.29 is 9.84 Å². The van der Waals surface area contributed by atoms with Gasteiger partial charge >= 0.3 is 0 Å². The second-order valence-electron chi connectivity index (χ2n) is 5.03. The Morgan fingerprint density at radius 1 is 1.16 bits per heavy atom. The van der Waals surface area contributed by atoms with Gasteiger partial charge in [0.25, 0.3) is 0 Å². The van der Waals surface area contributed by atoms with Crippen LogP contribution in [0.1, 0.15) is 50.5 Å². The summed E-state index contributed by atoms with van der Waals surface area (Å²) in [4.78, 5) is 0. The molecule has 1 fully saturated rings. The van der Waals surface area contributed by atoms with E-state index >= 15 is 0 Å². The fourth-order valence-corrected chi connectivity index (χ4v) is 2.42. The zero-order valence-electron chi connectivity index (χ0n) is 11.4. The van der Waals surface area contributed by atoms with E-state index < -0.39 is 0 Å². The Balaban J connectivity index is 1.96. The van der Waals surface area contributed by atoms with Crippen molar-refractivity contribution in [1.82, 2.24) is 0 Å². The van der Waals surface area contributed by atoms with Gasteiger partial charge < -0.3 is 9.84 Å². The van der Waals surface area contributed by atoms with E-state index in [0.717, 1.165) is 11.3 Å². The Hall–Kier alpha value is -1.46. The number of aliphatic hydroxyl groups is 1. The normalized spacial score (nSPS) is 16.3. The molecule has 0 heterocycles. The van der Waals surface area contributed by atoms with Gasteiger partial charge in [-0.05, 0) is 43.9 Å². The molecule has 0 spiro atoms. The first-order valence-electron chi connectivity index (χ1n) is 7.25. The summed E-state index contributed by atoms with van der Waals surface area (Å²) in [6.07, 6.45) is 8.46. The van der Waals surface area contributed by atoms with Crippen molar-refractivity contribution in [2.24, 2.45) is 0 Å². The third-order valence-electron chi connectivity index (χ3n) is 3.41. The van der Waals surface area contributed by atoms with Crippen LogP contribution in [0.25, 0.3) is 0 Å². The van der Waals surface area contributed by atoms with Crippen LogP contribution >= 0.6 is 0 Å². The standard InChI is InChI=1S/C17H22O2/c18-13-6-5-8-15-9-7-12-17(14-15)19-16-10-3-1-2-4-11-16/h7,9,12,14,16,18H,1-4,6,10-11,13H2. The molecule has 1 aromatic rings. The molecule has 0 aliphatic heterocycles. The van der Waals surface area contributed by atoms with E-state index in [2.05, 4.69) is 11.8 Å². The fraction of sp³-hybridized carbons (Fsp3) is 0.529. The summed E-state index contributed by atoms with van der Waals surface area (Å²) in [6.45, 7) is 0.116. The second-order valence-corrected chi connectivity index (χ2v) is 5.03. The largest absolute Gasteiger partial charge is 0.490 e. The van der Waals surface area contributed by atoms with Crippen molar-refractivity contribution in [2.75, 3.05) is 6.61 Å². The maximum atomic E-state index is 8.71. The number of benzene rings is 1. The van der Waals surface area contributed by atoms with Gasteiger partial charge in [0.05, 0.1) is 12.7 Å². The average molecular weight is 258 g/mol. The molecular weight excluding hydrogens is 236 g/mol. The van der Waals surface area contributed by atoms with Crippen molar-refractivity contribution in [2.45, 2.75) is 51.0 Å². The average Bonchev–Trinajstić information content (AvgIpc) is 2.68. The molecule has 19 heavy (non-hydrogen) atoms. The smallest absolute Gasteiger partial charge is 0.120 e. The van der Waals surface area contributed by atoms with Crippen molar-refractivity contribution in [3.8, 4) is 17.6 Å². The van der Waals surface area contributed by atoms with Crippen LogP contribution in [-0.4, -0.2) is 17.8 Å². The predicted molar refractivity (Wildman–Crippen MR) is 77.1 cm³/mol. The van der Waals surface area contributed by atoms with Gasteiger partial charge in [-0.1, -0.05) is 30.7 Å². The molecular formula is C17H22O2. The topological polar surface area (TPSA) is 29.5 Å². The van der Waals surface area contributed by atoms with E-state index in [1.807, 2.05) is 24.3 Å². The summed E-state index contributed by atoms with van der Waals surface area (Å²) >= 11 is 0. The summed E-state index contributed by atoms with van der Waals surface area (Å²) < 4.78 is 6.07. The van der Waals surface area contributed by atoms with Crippen LogP contribution in [0.3, 0.4) is 0 Å². The minimum atomic E-state index is 0.116. The fourth-order valence-electron chi connectivity index (χ4n) is 2.42. The number of ether oxygens (including phenoxy) is 1. The number of rotatable bonds is 3. The maximum Gasteiger partial charge on any atom is 0.120 e. The van der Waals surface area contributed by atoms with Crippen LogP contribution in [0, 0.1) is 11.8 Å². The highest BCUT2D eigenvalue weighted by atomic mass is 16.5. The van der Waals surface area contributed by atoms with Gasteiger partial charge in [0.2, 0.25) is 0 Å². The molecule has 1 saturated carbocycles. The predicted octanol–water partition coefficient (Wildman–Crippen LogP) is 3.52. The summed E-state index contributed by atoms with van der Waals surface area (Å²) in [5, 5.41) is 8.71. The highest BCUT2D eigenvalue weighted by Crippen LogP contribution is 2.23. The molecule has 102 valence electrons. The lowest BCUT2D eigenvalue weighted by Crippen LogP contribution is -2.14. The van der Waals surface area contributed by atoms with E-state index in [9.17, 15) is 0 Å². The molecule has 1 N–H and O–H groups in total. The molecule has 0 aromatic heterocycles. The molecule has 0 radical (unpaired) electrons.